The van der Waals surface area contributed by atoms with Crippen LogP contribution in [0.25, 0.3) is 0 Å². The van der Waals surface area contributed by atoms with E-state index in [0.29, 0.717) is 15.2 Å². The van der Waals surface area contributed by atoms with Crippen LogP contribution in [0.2, 0.25) is 0 Å². The molecule has 0 N–H and O–H groups in total. The Hall–Kier alpha value is -2.44. The van der Waals surface area contributed by atoms with E-state index >= 15 is 0 Å². The van der Waals surface area contributed by atoms with Gasteiger partial charge in [-0.3, -0.25) is 4.99 Å². The van der Waals surface area contributed by atoms with E-state index in [0.717, 1.165) is 25.0 Å². The molecule has 2 nitrogen and oxygen atoms in total. The molecule has 32 heavy (non-hydrogen) atoms. The van der Waals surface area contributed by atoms with Gasteiger partial charge in [0.25, 0.3) is 0 Å². The number of aliphatic imine (C=N–C) groups is 1. The third-order valence-electron chi connectivity index (χ3n) is 6.04. The second-order valence-electron chi connectivity index (χ2n) is 8.52. The fourth-order valence-corrected chi connectivity index (χ4v) is 6.36. The Kier molecular flexibility index (Phi) is 8.65. The van der Waals surface area contributed by atoms with E-state index in [4.69, 9.17) is 4.74 Å². The van der Waals surface area contributed by atoms with Crippen LogP contribution in [0.1, 0.15) is 60.9 Å². The van der Waals surface area contributed by atoms with Crippen molar-refractivity contribution in [3.8, 4) is 5.75 Å². The first kappa shape index (κ1) is 24.2. The Morgan fingerprint density at radius 1 is 0.969 bits per heavy atom. The van der Waals surface area contributed by atoms with Crippen LogP contribution in [0, 0.1) is 13.8 Å². The van der Waals surface area contributed by atoms with Crippen LogP contribution >= 0.6 is 8.58 Å². The van der Waals surface area contributed by atoms with Crippen LogP contribution in [-0.4, -0.2) is 13.3 Å². The first-order valence-electron chi connectivity index (χ1n) is 11.6. The molecular formula is C29H36NOP. The van der Waals surface area contributed by atoms with Crippen molar-refractivity contribution in [1.29, 1.82) is 0 Å². The van der Waals surface area contributed by atoms with Gasteiger partial charge in [-0.15, -0.1) is 0 Å². The van der Waals surface area contributed by atoms with Crippen molar-refractivity contribution in [3.63, 3.8) is 0 Å². The van der Waals surface area contributed by atoms with Crippen LogP contribution in [0.5, 0.6) is 5.75 Å². The minimum Gasteiger partial charge on any atom is -0.488 e. The zero-order valence-corrected chi connectivity index (χ0v) is 21.1. The number of nitrogens with zero attached hydrogens (tertiary/aromatic N) is 1. The molecular weight excluding hydrogens is 409 g/mol. The van der Waals surface area contributed by atoms with Crippen molar-refractivity contribution >= 4 is 20.1 Å². The molecule has 0 aliphatic carbocycles. The fraction of sp³-hybridized carbons (Fsp3) is 0.345. The van der Waals surface area contributed by atoms with Gasteiger partial charge in [0.1, 0.15) is 12.4 Å². The summed E-state index contributed by atoms with van der Waals surface area (Å²) in [7, 11) is 2.49. The number of aryl methyl sites for hydroxylation is 2. The summed E-state index contributed by atoms with van der Waals surface area (Å²) in [4.78, 5) is 4.30. The van der Waals surface area contributed by atoms with E-state index in [9.17, 15) is 0 Å². The molecule has 168 valence electrons. The Morgan fingerprint density at radius 3 is 2.38 bits per heavy atom. The van der Waals surface area contributed by atoms with Crippen LogP contribution in [0.4, 0.5) is 0 Å². The van der Waals surface area contributed by atoms with Crippen molar-refractivity contribution in [1.82, 2.24) is 0 Å². The normalized spacial score (nSPS) is 13.7. The molecule has 0 radical (unpaired) electrons. The van der Waals surface area contributed by atoms with Crippen molar-refractivity contribution in [2.45, 2.75) is 58.7 Å². The number of benzene rings is 3. The van der Waals surface area contributed by atoms with Crippen LogP contribution in [-0.2, 0) is 11.8 Å². The molecule has 0 aliphatic rings. The summed E-state index contributed by atoms with van der Waals surface area (Å²) in [5, 5.41) is 1.41. The fourth-order valence-electron chi connectivity index (χ4n) is 4.50. The molecule has 0 saturated carbocycles. The number of hydrogen-bond acceptors (Lipinski definition) is 2. The molecule has 0 aromatic heterocycles. The summed E-state index contributed by atoms with van der Waals surface area (Å²) in [5.41, 5.74) is 6.29. The molecule has 0 fully saturated rings. The average molecular weight is 446 g/mol. The summed E-state index contributed by atoms with van der Waals surface area (Å²) in [6.45, 7) is 9.60. The van der Waals surface area contributed by atoms with Crippen LogP contribution in [0.15, 0.2) is 71.7 Å². The summed E-state index contributed by atoms with van der Waals surface area (Å²) < 4.78 is 6.56. The molecule has 3 rings (SSSR count). The standard InChI is InChI=1S/C29H36NOP/c1-6-17-29(7-2,32-27-16-12-11-15-25(27)20-30-5)26-19-22(3)18-23(4)28(26)31-21-24-13-9-8-10-14-24/h8-16,18-20,32H,6-7,17,21H2,1-5H3/b30-20+. The van der Waals surface area contributed by atoms with Crippen molar-refractivity contribution in [3.05, 3.63) is 94.5 Å². The zero-order valence-electron chi connectivity index (χ0n) is 20.1. The van der Waals surface area contributed by atoms with Gasteiger partial charge >= 0.3 is 0 Å². The van der Waals surface area contributed by atoms with Gasteiger partial charge in [0, 0.05) is 24.0 Å². The van der Waals surface area contributed by atoms with Gasteiger partial charge < -0.3 is 4.74 Å². The number of hydrogen-bond donors (Lipinski definition) is 0. The van der Waals surface area contributed by atoms with Crippen LogP contribution in [0.3, 0.4) is 0 Å². The van der Waals surface area contributed by atoms with Crippen molar-refractivity contribution in [2.75, 3.05) is 7.05 Å². The summed E-state index contributed by atoms with van der Waals surface area (Å²) in [5.74, 6) is 1.06. The molecule has 0 amide bonds. The van der Waals surface area contributed by atoms with Crippen molar-refractivity contribution < 1.29 is 4.74 Å². The topological polar surface area (TPSA) is 21.6 Å². The van der Waals surface area contributed by atoms with Gasteiger partial charge in [0.2, 0.25) is 0 Å². The third-order valence-corrected chi connectivity index (χ3v) is 8.12. The van der Waals surface area contributed by atoms with E-state index in [1.165, 1.54) is 33.1 Å². The van der Waals surface area contributed by atoms with E-state index in [2.05, 4.69) is 93.4 Å². The lowest BCUT2D eigenvalue weighted by atomic mass is 9.87. The molecule has 2 unspecified atom stereocenters. The monoisotopic (exact) mass is 445 g/mol. The van der Waals surface area contributed by atoms with E-state index in [-0.39, 0.29) is 5.16 Å². The highest BCUT2D eigenvalue weighted by molar-refractivity contribution is 7.48. The SMILES string of the molecule is CCCC(CC)(Pc1ccccc1/C=N/C)c1cc(C)cc(C)c1OCc1ccccc1. The highest BCUT2D eigenvalue weighted by Crippen LogP contribution is 2.52. The minimum atomic E-state index is 0.0369. The molecule has 3 aromatic carbocycles. The molecule has 3 aromatic rings. The second-order valence-corrected chi connectivity index (χ2v) is 10.3. The minimum absolute atomic E-state index is 0.0369. The second kappa shape index (κ2) is 11.4. The Labute approximate surface area is 195 Å². The molecule has 2 atom stereocenters. The molecule has 0 spiro atoms. The Bertz CT molecular complexity index is 1040. The summed E-state index contributed by atoms with van der Waals surface area (Å²) >= 11 is 0. The highest BCUT2D eigenvalue weighted by atomic mass is 31.1. The first-order chi connectivity index (χ1) is 15.5. The molecule has 3 heteroatoms. The maximum Gasteiger partial charge on any atom is 0.126 e. The Balaban J connectivity index is 2.08. The van der Waals surface area contributed by atoms with E-state index < -0.39 is 0 Å². The molecule has 0 bridgehead atoms. The van der Waals surface area contributed by atoms with Gasteiger partial charge in [-0.2, -0.15) is 0 Å². The molecule has 0 heterocycles. The lowest BCUT2D eigenvalue weighted by Crippen LogP contribution is -2.25. The van der Waals surface area contributed by atoms with Crippen LogP contribution < -0.4 is 10.0 Å². The first-order valence-corrected chi connectivity index (χ1v) is 12.6. The predicted molar refractivity (Wildman–Crippen MR) is 141 cm³/mol. The molecule has 0 saturated heterocycles. The molecule has 0 aliphatic heterocycles. The summed E-state index contributed by atoms with van der Waals surface area (Å²) in [6, 6.07) is 23.8. The van der Waals surface area contributed by atoms with Gasteiger partial charge in [0.15, 0.2) is 0 Å². The van der Waals surface area contributed by atoms with Gasteiger partial charge in [-0.1, -0.05) is 101 Å². The lowest BCUT2D eigenvalue weighted by molar-refractivity contribution is 0.295. The number of rotatable bonds is 10. The van der Waals surface area contributed by atoms with Crippen molar-refractivity contribution in [2.24, 2.45) is 4.99 Å². The average Bonchev–Trinajstić information content (AvgIpc) is 2.80. The largest absolute Gasteiger partial charge is 0.488 e. The van der Waals surface area contributed by atoms with E-state index in [1.807, 2.05) is 19.3 Å². The smallest absolute Gasteiger partial charge is 0.126 e. The lowest BCUT2D eigenvalue weighted by Gasteiger charge is -2.36. The zero-order chi connectivity index (χ0) is 23.0. The number of ether oxygens (including phenoxy) is 1. The van der Waals surface area contributed by atoms with E-state index in [1.54, 1.807) is 0 Å². The van der Waals surface area contributed by atoms with Gasteiger partial charge in [0.05, 0.1) is 0 Å². The predicted octanol–water partition coefficient (Wildman–Crippen LogP) is 7.34. The summed E-state index contributed by atoms with van der Waals surface area (Å²) in [6.07, 6.45) is 5.32. The maximum absolute atomic E-state index is 6.56. The quantitative estimate of drug-likeness (QED) is 0.236. The maximum atomic E-state index is 6.56. The van der Waals surface area contributed by atoms with Gasteiger partial charge in [-0.05, 0) is 48.7 Å². The third kappa shape index (κ3) is 5.67. The highest BCUT2D eigenvalue weighted by Gasteiger charge is 2.34. The Morgan fingerprint density at radius 2 is 1.69 bits per heavy atom. The van der Waals surface area contributed by atoms with Gasteiger partial charge in [-0.25, -0.2) is 0 Å².